The molecule has 0 rings (SSSR count). The zero-order chi connectivity index (χ0) is 13.8. The summed E-state index contributed by atoms with van der Waals surface area (Å²) in [7, 11) is -6.48. The van der Waals surface area contributed by atoms with E-state index in [0.717, 1.165) is 0 Å². The van der Waals surface area contributed by atoms with Gasteiger partial charge in [0.25, 0.3) is 0 Å². The van der Waals surface area contributed by atoms with Crippen LogP contribution in [0.1, 0.15) is 26.7 Å². The van der Waals surface area contributed by atoms with Crippen LogP contribution in [0.15, 0.2) is 0 Å². The lowest BCUT2D eigenvalue weighted by Gasteiger charge is -2.31. The number of aliphatic hydroxyl groups excluding tert-OH is 1. The summed E-state index contributed by atoms with van der Waals surface area (Å²) in [4.78, 5) is 10.4. The normalized spacial score (nSPS) is 16.1. The van der Waals surface area contributed by atoms with Crippen molar-refractivity contribution in [3.8, 4) is 0 Å². The second-order valence-electron chi connectivity index (χ2n) is 4.31. The van der Waals surface area contributed by atoms with E-state index in [4.69, 9.17) is 5.11 Å². The van der Waals surface area contributed by atoms with E-state index in [1.807, 2.05) is 0 Å². The van der Waals surface area contributed by atoms with E-state index >= 15 is 0 Å². The van der Waals surface area contributed by atoms with Crippen molar-refractivity contribution >= 4 is 27.4 Å². The van der Waals surface area contributed by atoms with Crippen LogP contribution in [0.3, 0.4) is 0 Å². The van der Waals surface area contributed by atoms with Crippen molar-refractivity contribution in [2.24, 2.45) is 5.41 Å². The van der Waals surface area contributed by atoms with Crippen molar-refractivity contribution in [1.29, 1.82) is 0 Å². The molecule has 0 spiro atoms. The summed E-state index contributed by atoms with van der Waals surface area (Å²) in [5.41, 5.74) is -3.16. The van der Waals surface area contributed by atoms with E-state index in [0.29, 0.717) is 0 Å². The molecule has 0 aromatic carbocycles. The summed E-state index contributed by atoms with van der Waals surface area (Å²) in [6.07, 6.45) is -0.342. The van der Waals surface area contributed by atoms with E-state index in [1.165, 1.54) is 13.8 Å². The molecule has 0 saturated carbocycles. The van der Waals surface area contributed by atoms with E-state index in [1.54, 1.807) is 0 Å². The monoisotopic (exact) mass is 288 g/mol. The molecule has 17 heavy (non-hydrogen) atoms. The maximum absolute atomic E-state index is 11.0. The van der Waals surface area contributed by atoms with Crippen molar-refractivity contribution in [2.75, 3.05) is 0 Å². The van der Waals surface area contributed by atoms with E-state index < -0.39 is 43.5 Å². The molecule has 0 heterocycles. The molecule has 0 aliphatic carbocycles. The lowest BCUT2D eigenvalue weighted by atomic mass is 9.84. The molecule has 0 aromatic rings. The minimum atomic E-state index is -3.30. The van der Waals surface area contributed by atoms with Gasteiger partial charge in [0.1, 0.15) is 16.0 Å². The Hall–Kier alpha value is -0.670. The molecule has 0 amide bonds. The molecule has 7 nitrogen and oxygen atoms in total. The highest BCUT2D eigenvalue weighted by Crippen LogP contribution is 2.31. The van der Waals surface area contributed by atoms with E-state index in [-0.39, 0.29) is 12.8 Å². The summed E-state index contributed by atoms with van der Waals surface area (Å²) < 4.78 is 43.3. The first-order chi connectivity index (χ1) is 7.59. The fraction of sp³-hybridized carbons (Fsp3) is 0.875. The molecule has 0 fully saturated rings. The predicted octanol–water partition coefficient (Wildman–Crippen LogP) is -1.21. The number of hydrogen-bond acceptors (Lipinski definition) is 6. The van der Waals surface area contributed by atoms with Gasteiger partial charge in [-0.25, -0.2) is 16.8 Å². The first-order valence-electron chi connectivity index (χ1n) is 4.76. The first kappa shape index (κ1) is 16.3. The van der Waals surface area contributed by atoms with Gasteiger partial charge in [-0.3, -0.25) is 4.79 Å². The minimum absolute atomic E-state index is 0.0451. The van der Waals surface area contributed by atoms with Gasteiger partial charge in [-0.15, -0.1) is 0 Å². The Morgan fingerprint density at radius 2 is 1.65 bits per heavy atom. The molecule has 0 bridgehead atoms. The molecule has 2 N–H and O–H groups in total. The van der Waals surface area contributed by atoms with Crippen molar-refractivity contribution in [2.45, 2.75) is 37.4 Å². The lowest BCUT2D eigenvalue weighted by molar-refractivity contribution is -0.137. The van der Waals surface area contributed by atoms with Gasteiger partial charge in [0.05, 0.1) is 0 Å². The van der Waals surface area contributed by atoms with Gasteiger partial charge in [0.2, 0.25) is 0 Å². The van der Waals surface area contributed by atoms with Crippen LogP contribution >= 0.6 is 0 Å². The van der Waals surface area contributed by atoms with E-state index in [9.17, 15) is 26.7 Å². The quantitative estimate of drug-likeness (QED) is 0.433. The SMILES string of the molecule is CC(C)(CCC(=O)O)C(C(O)[SH](=O)=O)[SH](=O)=O. The van der Waals surface area contributed by atoms with Crippen LogP contribution in [0.5, 0.6) is 0 Å². The van der Waals surface area contributed by atoms with Gasteiger partial charge in [-0.2, -0.15) is 0 Å². The fourth-order valence-electron chi connectivity index (χ4n) is 1.49. The molecule has 9 heteroatoms. The first-order valence-corrected chi connectivity index (χ1v) is 7.26. The Kier molecular flexibility index (Phi) is 6.06. The van der Waals surface area contributed by atoms with Crippen molar-refractivity contribution in [3.63, 3.8) is 0 Å². The molecule has 0 aliphatic heterocycles. The largest absolute Gasteiger partial charge is 0.481 e. The van der Waals surface area contributed by atoms with Crippen LogP contribution in [0.2, 0.25) is 0 Å². The third-order valence-electron chi connectivity index (χ3n) is 2.51. The number of carboxylic acid groups (broad SMARTS) is 1. The Bertz CT molecular complexity index is 406. The van der Waals surface area contributed by atoms with Gasteiger partial charge in [0.15, 0.2) is 16.1 Å². The Morgan fingerprint density at radius 1 is 1.18 bits per heavy atom. The number of rotatable bonds is 7. The van der Waals surface area contributed by atoms with Gasteiger partial charge in [-0.05, 0) is 11.8 Å². The average molecular weight is 288 g/mol. The van der Waals surface area contributed by atoms with Gasteiger partial charge in [0, 0.05) is 6.42 Å². The van der Waals surface area contributed by atoms with Gasteiger partial charge in [-0.1, -0.05) is 13.8 Å². The van der Waals surface area contributed by atoms with Crippen LogP contribution in [0, 0.1) is 5.41 Å². The average Bonchev–Trinajstić information content (AvgIpc) is 2.13. The topological polar surface area (TPSA) is 126 Å². The van der Waals surface area contributed by atoms with Crippen molar-refractivity contribution in [1.82, 2.24) is 0 Å². The van der Waals surface area contributed by atoms with Crippen molar-refractivity contribution in [3.05, 3.63) is 0 Å². The second kappa shape index (κ2) is 6.31. The summed E-state index contributed by atoms with van der Waals surface area (Å²) in [6, 6.07) is 0. The number of carboxylic acids is 1. The standard InChI is InChI=1S/C8H16O7S2/c1-8(2,4-3-5(9)10)6(16(12)13)7(11)17(14)15/h6-7,11,16-17H,3-4H2,1-2H3,(H,9,10). The number of aliphatic carboxylic acids is 1. The molecular formula is C8H16O7S2. The highest BCUT2D eigenvalue weighted by Gasteiger charge is 2.39. The van der Waals surface area contributed by atoms with Crippen LogP contribution in [0.25, 0.3) is 0 Å². The minimum Gasteiger partial charge on any atom is -0.481 e. The van der Waals surface area contributed by atoms with E-state index in [2.05, 4.69) is 0 Å². The third-order valence-corrected chi connectivity index (χ3v) is 4.91. The molecule has 2 atom stereocenters. The third kappa shape index (κ3) is 5.00. The molecule has 0 aromatic heterocycles. The Labute approximate surface area is 102 Å². The van der Waals surface area contributed by atoms with Gasteiger partial charge < -0.3 is 10.2 Å². The molecule has 102 valence electrons. The number of hydrogen-bond donors (Lipinski definition) is 4. The zero-order valence-corrected chi connectivity index (χ0v) is 11.2. The molecular weight excluding hydrogens is 272 g/mol. The Balaban J connectivity index is 5.10. The molecule has 2 unspecified atom stereocenters. The Morgan fingerprint density at radius 3 is 1.94 bits per heavy atom. The number of aliphatic hydroxyl groups is 1. The smallest absolute Gasteiger partial charge is 0.303 e. The molecule has 0 aliphatic rings. The fourth-order valence-corrected chi connectivity index (χ4v) is 3.69. The summed E-state index contributed by atoms with van der Waals surface area (Å²) >= 11 is 0. The van der Waals surface area contributed by atoms with Crippen molar-refractivity contribution < 1.29 is 31.8 Å². The van der Waals surface area contributed by atoms with Crippen LogP contribution < -0.4 is 0 Å². The van der Waals surface area contributed by atoms with Gasteiger partial charge >= 0.3 is 5.97 Å². The van der Waals surface area contributed by atoms with Crippen LogP contribution in [0.4, 0.5) is 0 Å². The summed E-state index contributed by atoms with van der Waals surface area (Å²) in [5, 5.41) is 16.3. The van der Waals surface area contributed by atoms with Crippen LogP contribution in [-0.2, 0) is 26.2 Å². The molecule has 0 radical (unpaired) electrons. The molecule has 0 saturated heterocycles. The zero-order valence-electron chi connectivity index (χ0n) is 9.40. The predicted molar refractivity (Wildman–Crippen MR) is 61.1 cm³/mol. The van der Waals surface area contributed by atoms with Crippen LogP contribution in [-0.4, -0.2) is 43.7 Å². The number of thiol groups is 2. The second-order valence-corrected chi connectivity index (χ2v) is 6.54. The highest BCUT2D eigenvalue weighted by molar-refractivity contribution is 7.77. The maximum atomic E-state index is 11.0. The summed E-state index contributed by atoms with van der Waals surface area (Å²) in [6.45, 7) is 2.82. The maximum Gasteiger partial charge on any atom is 0.303 e. The number of carbonyl (C=O) groups is 1. The lowest BCUT2D eigenvalue weighted by Crippen LogP contribution is -2.41. The highest BCUT2D eigenvalue weighted by atomic mass is 32.2. The summed E-state index contributed by atoms with van der Waals surface area (Å²) in [5.74, 6) is -1.11.